The van der Waals surface area contributed by atoms with Gasteiger partial charge in [0.2, 0.25) is 0 Å². The van der Waals surface area contributed by atoms with Crippen molar-refractivity contribution in [1.29, 1.82) is 0 Å². The summed E-state index contributed by atoms with van der Waals surface area (Å²) >= 11 is 0. The molecule has 0 fully saturated rings. The Bertz CT molecular complexity index is 645. The minimum absolute atomic E-state index is 0.0321. The smallest absolute Gasteiger partial charge is 0.119 e. The zero-order valence-electron chi connectivity index (χ0n) is 20.0. The quantitative estimate of drug-likeness (QED) is 0.180. The number of hydrogen-bond donors (Lipinski definition) is 0. The van der Waals surface area contributed by atoms with Crippen LogP contribution in [0.5, 0.6) is 5.75 Å². The number of unbranched alkanes of at least 4 members (excludes halogenated alkanes) is 5. The first kappa shape index (κ1) is 27.9. The Balaban J connectivity index is 2.15. The van der Waals surface area contributed by atoms with Crippen molar-refractivity contribution in [3.8, 4) is 5.75 Å². The largest absolute Gasteiger partial charge is 0.549 e. The molecule has 0 saturated carbocycles. The van der Waals surface area contributed by atoms with Crippen LogP contribution in [0.4, 0.5) is 0 Å². The number of nitrogens with zero attached hydrogens (tertiary/aromatic N) is 1. The number of carboxylic acid groups (broad SMARTS) is 2. The SMILES string of the molecule is CCCCCCCCc1ccc(OCCOCC[N+](C)(C)CCC(C(=O)[O-])C(=O)[O-])cc1. The third-order valence-corrected chi connectivity index (χ3v) is 5.67. The number of carbonyl (C=O) groups excluding carboxylic acids is 2. The third-order valence-electron chi connectivity index (χ3n) is 5.67. The Morgan fingerprint density at radius 2 is 1.50 bits per heavy atom. The van der Waals surface area contributed by atoms with Crippen molar-refractivity contribution in [3.05, 3.63) is 29.8 Å². The number of aryl methyl sites for hydroxylation is 1. The average molecular weight is 451 g/mol. The zero-order valence-corrected chi connectivity index (χ0v) is 20.0. The van der Waals surface area contributed by atoms with Crippen molar-refractivity contribution in [2.24, 2.45) is 5.92 Å². The highest BCUT2D eigenvalue weighted by Gasteiger charge is 2.20. The van der Waals surface area contributed by atoms with Crippen LogP contribution < -0.4 is 14.9 Å². The maximum absolute atomic E-state index is 10.8. The highest BCUT2D eigenvalue weighted by atomic mass is 16.5. The first-order valence-electron chi connectivity index (χ1n) is 11.8. The van der Waals surface area contributed by atoms with Crippen LogP contribution in [0, 0.1) is 5.92 Å². The number of carbonyl (C=O) groups is 2. The summed E-state index contributed by atoms with van der Waals surface area (Å²) in [5.41, 5.74) is 1.34. The van der Waals surface area contributed by atoms with Crippen LogP contribution in [0.1, 0.15) is 57.4 Å². The van der Waals surface area contributed by atoms with Crippen molar-refractivity contribution >= 4 is 11.9 Å². The second-order valence-corrected chi connectivity index (χ2v) is 8.98. The van der Waals surface area contributed by atoms with Crippen molar-refractivity contribution in [3.63, 3.8) is 0 Å². The monoisotopic (exact) mass is 450 g/mol. The molecule has 7 nitrogen and oxygen atoms in total. The van der Waals surface area contributed by atoms with Crippen molar-refractivity contribution in [2.45, 2.75) is 58.3 Å². The Labute approximate surface area is 192 Å². The van der Waals surface area contributed by atoms with Crippen LogP contribution in [0.2, 0.25) is 0 Å². The number of rotatable bonds is 19. The maximum Gasteiger partial charge on any atom is 0.119 e. The molecule has 0 amide bonds. The van der Waals surface area contributed by atoms with Gasteiger partial charge in [-0.1, -0.05) is 51.2 Å². The molecular formula is C25H40NO6-. The molecular weight excluding hydrogens is 410 g/mol. The Kier molecular flexibility index (Phi) is 13.6. The summed E-state index contributed by atoms with van der Waals surface area (Å²) in [6.07, 6.45) is 8.88. The summed E-state index contributed by atoms with van der Waals surface area (Å²) in [7, 11) is 3.79. The van der Waals surface area contributed by atoms with Gasteiger partial charge in [-0.05, 0) is 30.5 Å². The second-order valence-electron chi connectivity index (χ2n) is 8.98. The lowest BCUT2D eigenvalue weighted by molar-refractivity contribution is -0.891. The molecule has 0 spiro atoms. The Hall–Kier alpha value is -2.12. The summed E-state index contributed by atoms with van der Waals surface area (Å²) in [5.74, 6) is -3.96. The summed E-state index contributed by atoms with van der Waals surface area (Å²) in [6.45, 7) is 4.59. The van der Waals surface area contributed by atoms with Gasteiger partial charge in [-0.3, -0.25) is 0 Å². The summed E-state index contributed by atoms with van der Waals surface area (Å²) in [6, 6.07) is 8.23. The molecule has 1 rings (SSSR count). The molecule has 0 aliphatic heterocycles. The molecule has 0 heterocycles. The van der Waals surface area contributed by atoms with Gasteiger partial charge in [0.1, 0.15) is 18.9 Å². The Morgan fingerprint density at radius 1 is 0.875 bits per heavy atom. The van der Waals surface area contributed by atoms with Crippen LogP contribution >= 0.6 is 0 Å². The van der Waals surface area contributed by atoms with E-state index in [1.807, 2.05) is 26.2 Å². The van der Waals surface area contributed by atoms with Gasteiger partial charge in [0.05, 0.1) is 45.8 Å². The van der Waals surface area contributed by atoms with Crippen molar-refractivity contribution in [1.82, 2.24) is 0 Å². The van der Waals surface area contributed by atoms with Gasteiger partial charge in [0.25, 0.3) is 0 Å². The van der Waals surface area contributed by atoms with Crippen LogP contribution in [-0.4, -0.2) is 63.4 Å². The van der Waals surface area contributed by atoms with Crippen LogP contribution in [0.3, 0.4) is 0 Å². The maximum atomic E-state index is 10.8. The molecule has 0 unspecified atom stereocenters. The van der Waals surface area contributed by atoms with Gasteiger partial charge in [0.15, 0.2) is 0 Å². The molecule has 0 N–H and O–H groups in total. The molecule has 0 aliphatic rings. The van der Waals surface area contributed by atoms with E-state index in [2.05, 4.69) is 19.1 Å². The van der Waals surface area contributed by atoms with E-state index >= 15 is 0 Å². The number of carboxylic acids is 2. The number of hydrogen-bond acceptors (Lipinski definition) is 6. The van der Waals surface area contributed by atoms with Gasteiger partial charge in [-0.15, -0.1) is 0 Å². The fourth-order valence-electron chi connectivity index (χ4n) is 3.42. The lowest BCUT2D eigenvalue weighted by atomic mass is 10.0. The summed E-state index contributed by atoms with van der Waals surface area (Å²) < 4.78 is 11.8. The number of likely N-dealkylation sites (N-methyl/N-ethyl adjacent to an activating group) is 1. The zero-order chi connectivity index (χ0) is 23.8. The normalized spacial score (nSPS) is 11.6. The van der Waals surface area contributed by atoms with Crippen LogP contribution in [0.15, 0.2) is 24.3 Å². The lowest BCUT2D eigenvalue weighted by Crippen LogP contribution is -2.48. The van der Waals surface area contributed by atoms with E-state index in [0.29, 0.717) is 37.4 Å². The molecule has 1 aromatic rings. The number of aliphatic carboxylic acids is 2. The highest BCUT2D eigenvalue weighted by molar-refractivity contribution is 5.90. The molecule has 0 aromatic heterocycles. The summed E-state index contributed by atoms with van der Waals surface area (Å²) in [5, 5.41) is 21.7. The van der Waals surface area contributed by atoms with E-state index in [4.69, 9.17) is 9.47 Å². The average Bonchev–Trinajstić information content (AvgIpc) is 2.73. The van der Waals surface area contributed by atoms with Gasteiger partial charge >= 0.3 is 0 Å². The molecule has 7 heteroatoms. The molecule has 0 atom stereocenters. The highest BCUT2D eigenvalue weighted by Crippen LogP contribution is 2.15. The number of ether oxygens (including phenoxy) is 2. The van der Waals surface area contributed by atoms with E-state index in [1.165, 1.54) is 44.1 Å². The molecule has 0 aliphatic carbocycles. The van der Waals surface area contributed by atoms with Crippen LogP contribution in [0.25, 0.3) is 0 Å². The molecule has 182 valence electrons. The molecule has 1 aromatic carbocycles. The van der Waals surface area contributed by atoms with Crippen molar-refractivity contribution in [2.75, 3.05) is 47.0 Å². The first-order chi connectivity index (χ1) is 15.2. The van der Waals surface area contributed by atoms with E-state index in [9.17, 15) is 19.8 Å². The summed E-state index contributed by atoms with van der Waals surface area (Å²) in [4.78, 5) is 21.7. The van der Waals surface area contributed by atoms with Crippen molar-refractivity contribution < 1.29 is 33.8 Å². The van der Waals surface area contributed by atoms with E-state index < -0.39 is 17.9 Å². The van der Waals surface area contributed by atoms with Gasteiger partial charge in [-0.25, -0.2) is 0 Å². The fourth-order valence-corrected chi connectivity index (χ4v) is 3.42. The topological polar surface area (TPSA) is 98.7 Å². The number of quaternary nitrogens is 1. The molecule has 0 radical (unpaired) electrons. The third kappa shape index (κ3) is 12.7. The Morgan fingerprint density at radius 3 is 2.12 bits per heavy atom. The minimum Gasteiger partial charge on any atom is -0.549 e. The molecule has 0 saturated heterocycles. The van der Waals surface area contributed by atoms with Gasteiger partial charge in [-0.2, -0.15) is 0 Å². The number of benzene rings is 1. The predicted octanol–water partition coefficient (Wildman–Crippen LogP) is 1.57. The first-order valence-corrected chi connectivity index (χ1v) is 11.8. The molecule has 32 heavy (non-hydrogen) atoms. The van der Waals surface area contributed by atoms with Crippen LogP contribution in [-0.2, 0) is 20.7 Å². The fraction of sp³-hybridized carbons (Fsp3) is 0.680. The van der Waals surface area contributed by atoms with E-state index in [1.54, 1.807) is 0 Å². The van der Waals surface area contributed by atoms with E-state index in [-0.39, 0.29) is 6.42 Å². The lowest BCUT2D eigenvalue weighted by Gasteiger charge is -2.31. The van der Waals surface area contributed by atoms with E-state index in [0.717, 1.165) is 12.2 Å². The molecule has 0 bridgehead atoms. The second kappa shape index (κ2) is 15.6. The minimum atomic E-state index is -1.60. The van der Waals surface area contributed by atoms with Gasteiger partial charge < -0.3 is 33.8 Å². The van der Waals surface area contributed by atoms with Gasteiger partial charge in [0, 0.05) is 12.3 Å². The predicted molar refractivity (Wildman–Crippen MR) is 120 cm³/mol. The standard InChI is InChI=1S/C25H41NO6/c1-4-5-6-7-8-9-10-21-11-13-22(14-12-21)32-20-19-31-18-17-26(2,3)16-15-23(24(27)28)25(29)30/h11-14,23H,4-10,15-20H2,1-3H3,(H-,27,28,29,30)/p-1.